The fourth-order valence-electron chi connectivity index (χ4n) is 3.53. The Morgan fingerprint density at radius 3 is 2.46 bits per heavy atom. The number of ether oxygens (including phenoxy) is 2. The first-order valence-corrected chi connectivity index (χ1v) is 10.0. The number of nitrogens with zero attached hydrogens (tertiary/aromatic N) is 1. The van der Waals surface area contributed by atoms with Crippen LogP contribution in [-0.4, -0.2) is 49.7 Å². The predicted octanol–water partition coefficient (Wildman–Crippen LogP) is 3.35. The summed E-state index contributed by atoms with van der Waals surface area (Å²) >= 11 is 0. The standard InChI is InChI=1S/C23H30N2O3/c1-18(2)22(25-12-14-27-15-13-25)16-24-23(26)21-11-7-6-8-19(21)17-28-20-9-4-3-5-10-20/h3-11,18,22H,12-17H2,1-2H3,(H,24,26). The molecule has 1 amide bonds. The highest BCUT2D eigenvalue weighted by Crippen LogP contribution is 2.16. The van der Waals surface area contributed by atoms with E-state index >= 15 is 0 Å². The second kappa shape index (κ2) is 10.2. The lowest BCUT2D eigenvalue weighted by atomic mass is 10.0. The average molecular weight is 383 g/mol. The Hall–Kier alpha value is -2.37. The van der Waals surface area contributed by atoms with Crippen molar-refractivity contribution in [2.24, 2.45) is 5.92 Å². The Morgan fingerprint density at radius 1 is 1.07 bits per heavy atom. The van der Waals surface area contributed by atoms with Crippen molar-refractivity contribution in [1.82, 2.24) is 10.2 Å². The summed E-state index contributed by atoms with van der Waals surface area (Å²) in [5.74, 6) is 1.20. The number of nitrogens with one attached hydrogen (secondary N) is 1. The first-order valence-electron chi connectivity index (χ1n) is 10.0. The molecule has 5 heteroatoms. The summed E-state index contributed by atoms with van der Waals surface area (Å²) in [7, 11) is 0. The zero-order chi connectivity index (χ0) is 19.8. The molecular weight excluding hydrogens is 352 g/mol. The van der Waals surface area contributed by atoms with Gasteiger partial charge in [-0.3, -0.25) is 9.69 Å². The molecular formula is C23H30N2O3. The summed E-state index contributed by atoms with van der Waals surface area (Å²) in [5, 5.41) is 3.14. The highest BCUT2D eigenvalue weighted by atomic mass is 16.5. The van der Waals surface area contributed by atoms with Gasteiger partial charge in [-0.15, -0.1) is 0 Å². The van der Waals surface area contributed by atoms with Crippen molar-refractivity contribution in [2.45, 2.75) is 26.5 Å². The molecule has 0 bridgehead atoms. The number of morpholine rings is 1. The highest BCUT2D eigenvalue weighted by molar-refractivity contribution is 5.95. The molecule has 1 fully saturated rings. The van der Waals surface area contributed by atoms with Crippen LogP contribution in [0.2, 0.25) is 0 Å². The van der Waals surface area contributed by atoms with Gasteiger partial charge in [-0.05, 0) is 24.1 Å². The third kappa shape index (κ3) is 5.57. The zero-order valence-corrected chi connectivity index (χ0v) is 16.8. The van der Waals surface area contributed by atoms with Crippen LogP contribution in [0.3, 0.4) is 0 Å². The van der Waals surface area contributed by atoms with Crippen LogP contribution in [0.4, 0.5) is 0 Å². The van der Waals surface area contributed by atoms with Crippen molar-refractivity contribution in [2.75, 3.05) is 32.8 Å². The SMILES string of the molecule is CC(C)C(CNC(=O)c1ccccc1COc1ccccc1)N1CCOCC1. The molecule has 1 saturated heterocycles. The zero-order valence-electron chi connectivity index (χ0n) is 16.8. The van der Waals surface area contributed by atoms with Gasteiger partial charge in [-0.2, -0.15) is 0 Å². The molecule has 3 rings (SSSR count). The van der Waals surface area contributed by atoms with Gasteiger partial charge < -0.3 is 14.8 Å². The topological polar surface area (TPSA) is 50.8 Å². The van der Waals surface area contributed by atoms with Gasteiger partial charge in [0.1, 0.15) is 12.4 Å². The maximum atomic E-state index is 12.9. The number of para-hydroxylation sites is 1. The van der Waals surface area contributed by atoms with Crippen LogP contribution in [-0.2, 0) is 11.3 Å². The maximum absolute atomic E-state index is 12.9. The van der Waals surface area contributed by atoms with Gasteiger partial charge in [-0.25, -0.2) is 0 Å². The van der Waals surface area contributed by atoms with Gasteiger partial charge in [0.05, 0.1) is 13.2 Å². The molecule has 0 saturated carbocycles. The molecule has 0 aliphatic carbocycles. The van der Waals surface area contributed by atoms with Crippen molar-refractivity contribution in [3.8, 4) is 5.75 Å². The first kappa shape index (κ1) is 20.4. The monoisotopic (exact) mass is 382 g/mol. The molecule has 1 atom stereocenters. The Bertz CT molecular complexity index is 743. The van der Waals surface area contributed by atoms with Crippen molar-refractivity contribution in [3.05, 3.63) is 65.7 Å². The van der Waals surface area contributed by atoms with Gasteiger partial charge in [0.25, 0.3) is 5.91 Å². The highest BCUT2D eigenvalue weighted by Gasteiger charge is 2.24. The van der Waals surface area contributed by atoms with Gasteiger partial charge in [0, 0.05) is 36.8 Å². The fourth-order valence-corrected chi connectivity index (χ4v) is 3.53. The van der Waals surface area contributed by atoms with Crippen molar-refractivity contribution >= 4 is 5.91 Å². The van der Waals surface area contributed by atoms with Crippen LogP contribution in [0.25, 0.3) is 0 Å². The van der Waals surface area contributed by atoms with Gasteiger partial charge in [-0.1, -0.05) is 50.2 Å². The second-order valence-corrected chi connectivity index (χ2v) is 7.43. The number of hydrogen-bond donors (Lipinski definition) is 1. The quantitative estimate of drug-likeness (QED) is 0.761. The minimum absolute atomic E-state index is 0.0498. The molecule has 1 unspecified atom stereocenters. The van der Waals surface area contributed by atoms with Crippen LogP contribution in [0.1, 0.15) is 29.8 Å². The molecule has 2 aromatic rings. The van der Waals surface area contributed by atoms with Crippen molar-refractivity contribution < 1.29 is 14.3 Å². The third-order valence-electron chi connectivity index (χ3n) is 5.16. The Balaban J connectivity index is 1.61. The lowest BCUT2D eigenvalue weighted by Gasteiger charge is -2.37. The van der Waals surface area contributed by atoms with E-state index in [1.807, 2.05) is 54.6 Å². The van der Waals surface area contributed by atoms with E-state index in [2.05, 4.69) is 24.1 Å². The molecule has 0 aromatic heterocycles. The Labute approximate surface area is 167 Å². The van der Waals surface area contributed by atoms with Crippen LogP contribution < -0.4 is 10.1 Å². The van der Waals surface area contributed by atoms with Crippen molar-refractivity contribution in [1.29, 1.82) is 0 Å². The smallest absolute Gasteiger partial charge is 0.251 e. The molecule has 1 heterocycles. The van der Waals surface area contributed by atoms with E-state index in [0.717, 1.165) is 37.6 Å². The Morgan fingerprint density at radius 2 is 1.75 bits per heavy atom. The Kier molecular flexibility index (Phi) is 7.46. The summed E-state index contributed by atoms with van der Waals surface area (Å²) in [4.78, 5) is 15.3. The molecule has 1 N–H and O–H groups in total. The van der Waals surface area contributed by atoms with Gasteiger partial charge in [0.15, 0.2) is 0 Å². The molecule has 2 aromatic carbocycles. The van der Waals surface area contributed by atoms with E-state index in [9.17, 15) is 4.79 Å². The van der Waals surface area contributed by atoms with E-state index in [0.29, 0.717) is 30.7 Å². The molecule has 150 valence electrons. The predicted molar refractivity (Wildman–Crippen MR) is 111 cm³/mol. The summed E-state index contributed by atoms with van der Waals surface area (Å²) in [5.41, 5.74) is 1.55. The van der Waals surface area contributed by atoms with Crippen LogP contribution in [0.5, 0.6) is 5.75 Å². The fraction of sp³-hybridized carbons (Fsp3) is 0.435. The minimum atomic E-state index is -0.0498. The largest absolute Gasteiger partial charge is 0.489 e. The number of carbonyl (C=O) groups is 1. The van der Waals surface area contributed by atoms with Crippen LogP contribution in [0.15, 0.2) is 54.6 Å². The number of carbonyl (C=O) groups excluding carboxylic acids is 1. The normalized spacial score (nSPS) is 16.0. The van der Waals surface area contributed by atoms with Crippen LogP contribution >= 0.6 is 0 Å². The van der Waals surface area contributed by atoms with E-state index < -0.39 is 0 Å². The molecule has 1 aliphatic heterocycles. The van der Waals surface area contributed by atoms with Gasteiger partial charge >= 0.3 is 0 Å². The maximum Gasteiger partial charge on any atom is 0.251 e. The first-order chi connectivity index (χ1) is 13.6. The van der Waals surface area contributed by atoms with E-state index in [1.165, 1.54) is 0 Å². The van der Waals surface area contributed by atoms with E-state index in [-0.39, 0.29) is 5.91 Å². The average Bonchev–Trinajstić information content (AvgIpc) is 2.74. The number of hydrogen-bond acceptors (Lipinski definition) is 4. The van der Waals surface area contributed by atoms with Crippen LogP contribution in [0, 0.1) is 5.92 Å². The molecule has 0 radical (unpaired) electrons. The lowest BCUT2D eigenvalue weighted by Crippen LogP contribution is -2.51. The summed E-state index contributed by atoms with van der Waals surface area (Å²) in [6.45, 7) is 8.75. The van der Waals surface area contributed by atoms with Crippen molar-refractivity contribution in [3.63, 3.8) is 0 Å². The number of amides is 1. The molecule has 28 heavy (non-hydrogen) atoms. The minimum Gasteiger partial charge on any atom is -0.489 e. The summed E-state index contributed by atoms with van der Waals surface area (Å²) < 4.78 is 11.3. The second-order valence-electron chi connectivity index (χ2n) is 7.43. The summed E-state index contributed by atoms with van der Waals surface area (Å²) in [6.07, 6.45) is 0. The molecule has 1 aliphatic rings. The van der Waals surface area contributed by atoms with Gasteiger partial charge in [0.2, 0.25) is 0 Å². The number of rotatable bonds is 8. The number of benzene rings is 2. The molecule has 0 spiro atoms. The van der Waals surface area contributed by atoms with E-state index in [4.69, 9.17) is 9.47 Å². The van der Waals surface area contributed by atoms with E-state index in [1.54, 1.807) is 0 Å². The summed E-state index contributed by atoms with van der Waals surface area (Å²) in [6, 6.07) is 17.6. The lowest BCUT2D eigenvalue weighted by molar-refractivity contribution is 0.00672. The third-order valence-corrected chi connectivity index (χ3v) is 5.16. The molecule has 5 nitrogen and oxygen atoms in total.